The second-order valence-electron chi connectivity index (χ2n) is 8.00. The Morgan fingerprint density at radius 1 is 1.09 bits per heavy atom. The first kappa shape index (κ1) is 20.4. The van der Waals surface area contributed by atoms with Crippen LogP contribution in [0.1, 0.15) is 30.7 Å². The molecule has 0 aliphatic carbocycles. The number of benzene rings is 1. The van der Waals surface area contributed by atoms with Gasteiger partial charge >= 0.3 is 0 Å². The first-order valence-corrected chi connectivity index (χ1v) is 12.8. The zero-order chi connectivity index (χ0) is 22.2. The van der Waals surface area contributed by atoms with Crippen molar-refractivity contribution in [3.8, 4) is 27.6 Å². The minimum Gasteiger partial charge on any atom is -0.472 e. The van der Waals surface area contributed by atoms with Gasteiger partial charge in [0.15, 0.2) is 11.0 Å². The molecule has 6 rings (SSSR count). The molecule has 0 bridgehead atoms. The van der Waals surface area contributed by atoms with Gasteiger partial charge in [-0.2, -0.15) is 4.68 Å². The maximum absolute atomic E-state index is 13.3. The quantitative estimate of drug-likeness (QED) is 0.255. The van der Waals surface area contributed by atoms with Crippen LogP contribution in [0.15, 0.2) is 68.7 Å². The highest BCUT2D eigenvalue weighted by Crippen LogP contribution is 2.33. The smallest absolute Gasteiger partial charge is 0.284 e. The number of hydrogen-bond donors (Lipinski definition) is 0. The van der Waals surface area contributed by atoms with Gasteiger partial charge in [-0.3, -0.25) is 4.79 Å². The number of rotatable bonds is 5. The van der Waals surface area contributed by atoms with E-state index >= 15 is 0 Å². The van der Waals surface area contributed by atoms with E-state index in [4.69, 9.17) is 14.4 Å². The Kier molecular flexibility index (Phi) is 5.35. The summed E-state index contributed by atoms with van der Waals surface area (Å²) in [5.74, 6) is 1.23. The van der Waals surface area contributed by atoms with E-state index in [9.17, 15) is 4.79 Å². The number of thioether (sulfide) groups is 1. The van der Waals surface area contributed by atoms with Gasteiger partial charge in [0, 0.05) is 28.9 Å². The summed E-state index contributed by atoms with van der Waals surface area (Å²) in [4.78, 5) is 23.0. The lowest BCUT2D eigenvalue weighted by atomic mass is 10.1. The highest BCUT2D eigenvalue weighted by molar-refractivity contribution is 7.98. The Hall–Kier alpha value is -3.17. The topological polar surface area (TPSA) is 78.7 Å². The van der Waals surface area contributed by atoms with E-state index in [1.54, 1.807) is 35.6 Å². The lowest BCUT2D eigenvalue weighted by molar-refractivity contribution is 0.568. The van der Waals surface area contributed by atoms with Gasteiger partial charge in [0.25, 0.3) is 5.56 Å². The molecule has 7 nitrogen and oxygen atoms in total. The van der Waals surface area contributed by atoms with Gasteiger partial charge in [0.2, 0.25) is 0 Å². The van der Waals surface area contributed by atoms with Crippen LogP contribution >= 0.6 is 23.1 Å². The number of nitrogens with zero attached hydrogens (tertiary/aromatic N) is 5. The molecule has 0 saturated heterocycles. The van der Waals surface area contributed by atoms with Crippen LogP contribution in [0.4, 0.5) is 0 Å². The van der Waals surface area contributed by atoms with Gasteiger partial charge in [-0.15, -0.1) is 16.4 Å². The molecule has 3 aliphatic heterocycles. The molecule has 33 heavy (non-hydrogen) atoms. The second-order valence-corrected chi connectivity index (χ2v) is 9.80. The Labute approximate surface area is 198 Å². The van der Waals surface area contributed by atoms with E-state index in [0.29, 0.717) is 17.1 Å². The van der Waals surface area contributed by atoms with Crippen LogP contribution in [0.5, 0.6) is 0 Å². The maximum atomic E-state index is 13.3. The van der Waals surface area contributed by atoms with E-state index in [1.807, 2.05) is 36.4 Å². The fourth-order valence-electron chi connectivity index (χ4n) is 4.24. The van der Waals surface area contributed by atoms with E-state index in [1.165, 1.54) is 4.68 Å². The summed E-state index contributed by atoms with van der Waals surface area (Å²) in [7, 11) is 0. The summed E-state index contributed by atoms with van der Waals surface area (Å²) in [6.45, 7) is 0.869. The predicted molar refractivity (Wildman–Crippen MR) is 129 cm³/mol. The molecular weight excluding hydrogens is 454 g/mol. The average Bonchev–Trinajstić information content (AvgIpc) is 3.56. The van der Waals surface area contributed by atoms with E-state index in [-0.39, 0.29) is 5.56 Å². The molecule has 0 amide bonds. The van der Waals surface area contributed by atoms with Gasteiger partial charge in [-0.05, 0) is 37.5 Å². The molecule has 3 aromatic rings. The second kappa shape index (κ2) is 8.64. The summed E-state index contributed by atoms with van der Waals surface area (Å²) in [6, 6.07) is 11.5. The monoisotopic (exact) mass is 475 g/mol. The van der Waals surface area contributed by atoms with Crippen molar-refractivity contribution in [2.45, 2.75) is 43.1 Å². The van der Waals surface area contributed by atoms with E-state index < -0.39 is 0 Å². The summed E-state index contributed by atoms with van der Waals surface area (Å²) in [5.41, 5.74) is 4.39. The molecule has 9 heteroatoms. The average molecular weight is 476 g/mol. The molecule has 0 N–H and O–H groups in total. The highest BCUT2D eigenvalue weighted by Gasteiger charge is 2.27. The number of hydrogen-bond acceptors (Lipinski definition) is 7. The van der Waals surface area contributed by atoms with Crippen LogP contribution in [0.25, 0.3) is 27.6 Å². The lowest BCUT2D eigenvalue weighted by Crippen LogP contribution is -2.19. The van der Waals surface area contributed by atoms with Crippen molar-refractivity contribution >= 4 is 23.1 Å². The van der Waals surface area contributed by atoms with Gasteiger partial charge in [-0.25, -0.2) is 9.97 Å². The van der Waals surface area contributed by atoms with Gasteiger partial charge in [-0.1, -0.05) is 36.4 Å². The fraction of sp³-hybridized carbons (Fsp3) is 0.250. The number of aromatic nitrogens is 5. The van der Waals surface area contributed by atoms with Gasteiger partial charge < -0.3 is 8.98 Å². The highest BCUT2D eigenvalue weighted by atomic mass is 32.2. The van der Waals surface area contributed by atoms with Crippen LogP contribution in [0.3, 0.4) is 0 Å². The summed E-state index contributed by atoms with van der Waals surface area (Å²) < 4.78 is 8.90. The van der Waals surface area contributed by atoms with Crippen LogP contribution < -0.4 is 5.56 Å². The number of furan rings is 1. The minimum absolute atomic E-state index is 0.0878. The summed E-state index contributed by atoms with van der Waals surface area (Å²) in [5, 5.41) is 8.55. The summed E-state index contributed by atoms with van der Waals surface area (Å²) >= 11 is 3.27. The molecule has 0 saturated carbocycles. The standard InChI is InChI=1S/C24H21N5O2S2/c30-23-20-19-9-5-2-6-11-28(19)24(26-21(20)27-29(23)18-7-3-1-4-8-18)33-15-17-14-32-22(25-17)16-10-12-31-13-16/h1,3-4,7-8,10,12-14H,2,5-6,9,11,15H2. The van der Waals surface area contributed by atoms with Crippen molar-refractivity contribution in [3.05, 3.63) is 76.0 Å². The normalized spacial score (nSPS) is 13.8. The summed E-state index contributed by atoms with van der Waals surface area (Å²) in [6.07, 6.45) is 7.54. The number of para-hydroxylation sites is 1. The molecule has 3 aliphatic rings. The van der Waals surface area contributed by atoms with Crippen molar-refractivity contribution in [2.75, 3.05) is 0 Å². The van der Waals surface area contributed by atoms with Crippen LogP contribution in [-0.2, 0) is 18.7 Å². The molecule has 0 fully saturated rings. The Morgan fingerprint density at radius 3 is 2.85 bits per heavy atom. The zero-order valence-corrected chi connectivity index (χ0v) is 19.4. The molecule has 2 aromatic heterocycles. The van der Waals surface area contributed by atoms with Crippen LogP contribution in [-0.4, -0.2) is 24.3 Å². The molecule has 0 unspecified atom stereocenters. The van der Waals surface area contributed by atoms with Gasteiger partial charge in [0.05, 0.1) is 17.6 Å². The van der Waals surface area contributed by atoms with E-state index in [0.717, 1.165) is 65.0 Å². The number of thiazole rings is 1. The molecule has 0 atom stereocenters. The Bertz CT molecular complexity index is 1420. The number of fused-ring (bicyclic) bond motifs is 3. The molecule has 5 heterocycles. The molecule has 166 valence electrons. The zero-order valence-electron chi connectivity index (χ0n) is 17.8. The van der Waals surface area contributed by atoms with Crippen molar-refractivity contribution in [2.24, 2.45) is 0 Å². The Balaban J connectivity index is 1.38. The predicted octanol–water partition coefficient (Wildman–Crippen LogP) is 5.27. The van der Waals surface area contributed by atoms with Crippen molar-refractivity contribution < 1.29 is 4.42 Å². The maximum Gasteiger partial charge on any atom is 0.284 e. The van der Waals surface area contributed by atoms with Gasteiger partial charge in [0.1, 0.15) is 16.8 Å². The third-order valence-corrected chi connectivity index (χ3v) is 7.79. The third kappa shape index (κ3) is 3.81. The largest absolute Gasteiger partial charge is 0.472 e. The van der Waals surface area contributed by atoms with Crippen molar-refractivity contribution in [3.63, 3.8) is 0 Å². The molecule has 0 radical (unpaired) electrons. The Morgan fingerprint density at radius 2 is 2.00 bits per heavy atom. The van der Waals surface area contributed by atoms with Crippen molar-refractivity contribution in [1.82, 2.24) is 24.3 Å². The van der Waals surface area contributed by atoms with Crippen LogP contribution in [0.2, 0.25) is 0 Å². The van der Waals surface area contributed by atoms with E-state index in [2.05, 4.69) is 15.0 Å². The lowest BCUT2D eigenvalue weighted by Gasteiger charge is -2.17. The SMILES string of the molecule is O=c1c2c3n(c(SCc4csc(-c5ccoc5)n4)nc-2nn1-c1ccccc1)CCCCC3. The van der Waals surface area contributed by atoms with Crippen LogP contribution in [0, 0.1) is 0 Å². The third-order valence-electron chi connectivity index (χ3n) is 5.84. The van der Waals surface area contributed by atoms with Crippen molar-refractivity contribution in [1.29, 1.82) is 0 Å². The fourth-order valence-corrected chi connectivity index (χ4v) is 6.08. The molecule has 1 aromatic carbocycles. The first-order valence-electron chi connectivity index (χ1n) is 11.0. The molecular formula is C24H21N5O2S2. The first-order chi connectivity index (χ1) is 16.3. The molecule has 0 spiro atoms. The minimum atomic E-state index is -0.0878.